The zero-order valence-corrected chi connectivity index (χ0v) is 19.9. The van der Waals surface area contributed by atoms with Crippen molar-refractivity contribution in [3.05, 3.63) is 88.9 Å². The molecule has 0 unspecified atom stereocenters. The second-order valence-electron chi connectivity index (χ2n) is 10.7. The van der Waals surface area contributed by atoms with Gasteiger partial charge in [0.25, 0.3) is 0 Å². The van der Waals surface area contributed by atoms with E-state index >= 15 is 0 Å². The molecule has 0 aliphatic heterocycles. The summed E-state index contributed by atoms with van der Waals surface area (Å²) in [6, 6.07) is 26.6. The van der Waals surface area contributed by atoms with Crippen LogP contribution < -0.4 is 0 Å². The molecule has 1 aliphatic rings. The average Bonchev–Trinajstić information content (AvgIpc) is 3.08. The number of fused-ring (bicyclic) bond motifs is 5. The summed E-state index contributed by atoms with van der Waals surface area (Å²) in [5.74, 6) is 0. The van der Waals surface area contributed by atoms with E-state index in [0.29, 0.717) is 0 Å². The van der Waals surface area contributed by atoms with Crippen molar-refractivity contribution in [2.24, 2.45) is 0 Å². The van der Waals surface area contributed by atoms with Gasteiger partial charge in [-0.05, 0) is 88.0 Å². The van der Waals surface area contributed by atoms with Gasteiger partial charge in [0, 0.05) is 21.5 Å². The molecule has 4 aromatic carbocycles. The maximum Gasteiger partial charge on any atom is 0.0547 e. The summed E-state index contributed by atoms with van der Waals surface area (Å²) < 4.78 is 2.42. The zero-order valence-electron chi connectivity index (χ0n) is 19.2. The van der Waals surface area contributed by atoms with Crippen molar-refractivity contribution in [1.29, 1.82) is 0 Å². The minimum Gasteiger partial charge on any atom is -0.309 e. The molecule has 0 N–H and O–H groups in total. The van der Waals surface area contributed by atoms with Crippen LogP contribution in [0.25, 0.3) is 38.3 Å². The van der Waals surface area contributed by atoms with Gasteiger partial charge < -0.3 is 4.57 Å². The van der Waals surface area contributed by atoms with E-state index in [4.69, 9.17) is 11.6 Å². The fourth-order valence-corrected chi connectivity index (χ4v) is 5.84. The van der Waals surface area contributed by atoms with Crippen LogP contribution in [0.15, 0.2) is 72.8 Å². The fourth-order valence-electron chi connectivity index (χ4n) is 5.67. The molecular weight excluding hydrogens is 410 g/mol. The Morgan fingerprint density at radius 1 is 0.656 bits per heavy atom. The van der Waals surface area contributed by atoms with Crippen LogP contribution in [0.4, 0.5) is 0 Å². The standard InChI is InChI=1S/C30H28ClN/c1-29(2)13-14-30(3,4)26-18-22(10-11-25(26)29)32-27-12-9-21(31)17-24(27)23-15-19-7-5-6-8-20(19)16-28(23)32/h5-12,15-18H,13-14H2,1-4H3. The van der Waals surface area contributed by atoms with E-state index in [2.05, 4.69) is 99.0 Å². The smallest absolute Gasteiger partial charge is 0.0547 e. The first-order valence-corrected chi connectivity index (χ1v) is 11.9. The molecule has 2 heteroatoms. The first kappa shape index (κ1) is 19.9. The van der Waals surface area contributed by atoms with Gasteiger partial charge in [0.05, 0.1) is 11.0 Å². The molecule has 0 spiro atoms. The van der Waals surface area contributed by atoms with Crippen LogP contribution in [0.5, 0.6) is 0 Å². The van der Waals surface area contributed by atoms with Gasteiger partial charge in [0.1, 0.15) is 0 Å². The highest BCUT2D eigenvalue weighted by Crippen LogP contribution is 2.47. The lowest BCUT2D eigenvalue weighted by atomic mass is 9.63. The molecule has 1 nitrogen and oxygen atoms in total. The number of nitrogens with zero attached hydrogens (tertiary/aromatic N) is 1. The van der Waals surface area contributed by atoms with E-state index in [1.165, 1.54) is 62.2 Å². The van der Waals surface area contributed by atoms with Crippen LogP contribution in [0.2, 0.25) is 5.02 Å². The molecule has 6 rings (SSSR count). The Kier molecular flexibility index (Phi) is 4.11. The number of halogens is 1. The lowest BCUT2D eigenvalue weighted by Crippen LogP contribution is -2.33. The molecule has 160 valence electrons. The van der Waals surface area contributed by atoms with Crippen LogP contribution in [0.1, 0.15) is 51.7 Å². The molecule has 1 heterocycles. The second kappa shape index (κ2) is 6.62. The SMILES string of the molecule is CC1(C)CCC(C)(C)c2cc(-n3c4ccc(Cl)cc4c4cc5ccccc5cc43)ccc21. The van der Waals surface area contributed by atoms with Gasteiger partial charge in [-0.15, -0.1) is 0 Å². The van der Waals surface area contributed by atoms with Crippen LogP contribution in [0.3, 0.4) is 0 Å². The first-order chi connectivity index (χ1) is 15.2. The van der Waals surface area contributed by atoms with Gasteiger partial charge in [-0.2, -0.15) is 0 Å². The second-order valence-corrected chi connectivity index (χ2v) is 11.1. The van der Waals surface area contributed by atoms with Crippen molar-refractivity contribution in [2.75, 3.05) is 0 Å². The molecule has 0 fully saturated rings. The number of benzene rings is 4. The highest BCUT2D eigenvalue weighted by molar-refractivity contribution is 6.32. The van der Waals surface area contributed by atoms with Crippen molar-refractivity contribution in [3.63, 3.8) is 0 Å². The predicted octanol–water partition coefficient (Wildman–Crippen LogP) is 8.94. The van der Waals surface area contributed by atoms with Crippen molar-refractivity contribution >= 4 is 44.2 Å². The summed E-state index contributed by atoms with van der Waals surface area (Å²) in [6.07, 6.45) is 2.44. The molecule has 1 aromatic heterocycles. The van der Waals surface area contributed by atoms with Crippen molar-refractivity contribution < 1.29 is 0 Å². The third kappa shape index (κ3) is 2.84. The Morgan fingerprint density at radius 2 is 1.31 bits per heavy atom. The molecule has 1 aliphatic carbocycles. The van der Waals surface area contributed by atoms with E-state index in [-0.39, 0.29) is 10.8 Å². The zero-order chi connectivity index (χ0) is 22.3. The van der Waals surface area contributed by atoms with E-state index in [9.17, 15) is 0 Å². The largest absolute Gasteiger partial charge is 0.309 e. The lowest BCUT2D eigenvalue weighted by Gasteiger charge is -2.42. The molecule has 0 bridgehead atoms. The molecule has 0 saturated carbocycles. The summed E-state index contributed by atoms with van der Waals surface area (Å²) in [5.41, 5.74) is 7.03. The topological polar surface area (TPSA) is 4.93 Å². The normalized spacial score (nSPS) is 17.2. The third-order valence-electron chi connectivity index (χ3n) is 7.69. The Balaban J connectivity index is 1.72. The predicted molar refractivity (Wildman–Crippen MR) is 139 cm³/mol. The fraction of sp³-hybridized carbons (Fsp3) is 0.267. The number of hydrogen-bond donors (Lipinski definition) is 0. The average molecular weight is 438 g/mol. The molecule has 32 heavy (non-hydrogen) atoms. The van der Waals surface area contributed by atoms with E-state index < -0.39 is 0 Å². The summed E-state index contributed by atoms with van der Waals surface area (Å²) in [4.78, 5) is 0. The van der Waals surface area contributed by atoms with Crippen LogP contribution in [0, 0.1) is 0 Å². The highest BCUT2D eigenvalue weighted by atomic mass is 35.5. The van der Waals surface area contributed by atoms with Crippen molar-refractivity contribution in [3.8, 4) is 5.69 Å². The Bertz CT molecular complexity index is 1530. The Hall–Kier alpha value is -2.77. The molecule has 0 atom stereocenters. The van der Waals surface area contributed by atoms with Crippen LogP contribution >= 0.6 is 11.6 Å². The van der Waals surface area contributed by atoms with Gasteiger partial charge >= 0.3 is 0 Å². The minimum absolute atomic E-state index is 0.176. The van der Waals surface area contributed by atoms with Crippen LogP contribution in [-0.2, 0) is 10.8 Å². The maximum absolute atomic E-state index is 6.45. The van der Waals surface area contributed by atoms with Crippen molar-refractivity contribution in [1.82, 2.24) is 4.57 Å². The van der Waals surface area contributed by atoms with Gasteiger partial charge in [0.15, 0.2) is 0 Å². The summed E-state index contributed by atoms with van der Waals surface area (Å²) in [7, 11) is 0. The molecule has 0 radical (unpaired) electrons. The summed E-state index contributed by atoms with van der Waals surface area (Å²) in [6.45, 7) is 9.55. The molecule has 5 aromatic rings. The van der Waals surface area contributed by atoms with Crippen molar-refractivity contribution in [2.45, 2.75) is 51.4 Å². The summed E-state index contributed by atoms with van der Waals surface area (Å²) in [5, 5.41) is 5.74. The minimum atomic E-state index is 0.176. The quantitative estimate of drug-likeness (QED) is 0.246. The van der Waals surface area contributed by atoms with E-state index in [1.807, 2.05) is 6.07 Å². The van der Waals surface area contributed by atoms with E-state index in [1.54, 1.807) is 0 Å². The molecule has 0 amide bonds. The maximum atomic E-state index is 6.45. The number of rotatable bonds is 1. The molecule has 0 saturated heterocycles. The van der Waals surface area contributed by atoms with Gasteiger partial charge in [-0.1, -0.05) is 69.6 Å². The Morgan fingerprint density at radius 3 is 2.06 bits per heavy atom. The Labute approximate surface area is 194 Å². The molecular formula is C30H28ClN. The van der Waals surface area contributed by atoms with Gasteiger partial charge in [0.2, 0.25) is 0 Å². The third-order valence-corrected chi connectivity index (χ3v) is 7.92. The monoisotopic (exact) mass is 437 g/mol. The number of hydrogen-bond acceptors (Lipinski definition) is 0. The lowest BCUT2D eigenvalue weighted by molar-refractivity contribution is 0.332. The van der Waals surface area contributed by atoms with Gasteiger partial charge in [-0.3, -0.25) is 0 Å². The number of aromatic nitrogens is 1. The van der Waals surface area contributed by atoms with Crippen LogP contribution in [-0.4, -0.2) is 4.57 Å². The van der Waals surface area contributed by atoms with Gasteiger partial charge in [-0.25, -0.2) is 0 Å². The first-order valence-electron chi connectivity index (χ1n) is 11.5. The summed E-state index contributed by atoms with van der Waals surface area (Å²) >= 11 is 6.45. The highest BCUT2D eigenvalue weighted by Gasteiger charge is 2.37. The van der Waals surface area contributed by atoms with E-state index in [0.717, 1.165) is 5.02 Å².